The van der Waals surface area contributed by atoms with Gasteiger partial charge in [-0.05, 0) is 113 Å². The van der Waals surface area contributed by atoms with E-state index < -0.39 is 19.6 Å². The third-order valence-corrected chi connectivity index (χ3v) is 10.2. The zero-order chi connectivity index (χ0) is 39.5. The van der Waals surface area contributed by atoms with Gasteiger partial charge in [-0.1, -0.05) is 84.5 Å². The fraction of sp³-hybridized carbons (Fsp3) is 0.191. The number of fused-ring (bicyclic) bond motifs is 6. The average molecular weight is 846 g/mol. The molecule has 8 aromatic rings. The molecule has 0 N–H and O–H groups in total. The van der Waals surface area contributed by atoms with Gasteiger partial charge in [0.2, 0.25) is 0 Å². The van der Waals surface area contributed by atoms with Gasteiger partial charge in [0.25, 0.3) is 0 Å². The number of aromatic nitrogens is 2. The molecule has 3 aliphatic carbocycles. The molecule has 3 fully saturated rings. The molecule has 3 aliphatic rings. The third kappa shape index (κ3) is 6.67. The van der Waals surface area contributed by atoms with Crippen molar-refractivity contribution in [2.45, 2.75) is 45.3 Å². The van der Waals surface area contributed by atoms with Crippen LogP contribution < -0.4 is 0 Å². The Labute approximate surface area is 323 Å². The van der Waals surface area contributed by atoms with Crippen LogP contribution in [0.3, 0.4) is 0 Å². The molecule has 11 rings (SSSR count). The molecule has 1 radical (unpaired) electrons. The van der Waals surface area contributed by atoms with Crippen molar-refractivity contribution >= 4 is 32.7 Å². The van der Waals surface area contributed by atoms with Crippen molar-refractivity contribution < 1.29 is 34.1 Å². The van der Waals surface area contributed by atoms with E-state index in [1.807, 2.05) is 12.3 Å². The second kappa shape index (κ2) is 14.0. The molecule has 253 valence electrons. The topological polar surface area (TPSA) is 38.9 Å². The summed E-state index contributed by atoms with van der Waals surface area (Å²) in [6.45, 7) is -4.34. The Kier molecular flexibility index (Phi) is 7.14. The van der Waals surface area contributed by atoms with Crippen LogP contribution in [0.4, 0.5) is 0 Å². The molecule has 0 atom stereocenters. The van der Waals surface area contributed by atoms with Gasteiger partial charge in [0, 0.05) is 47.5 Å². The van der Waals surface area contributed by atoms with Gasteiger partial charge in [-0.25, -0.2) is 0 Å². The van der Waals surface area contributed by atoms with Crippen molar-refractivity contribution in [1.82, 2.24) is 9.97 Å². The Morgan fingerprint density at radius 3 is 2.22 bits per heavy atom. The molecule has 0 spiro atoms. The van der Waals surface area contributed by atoms with Crippen molar-refractivity contribution in [1.29, 1.82) is 0 Å². The van der Waals surface area contributed by atoms with E-state index in [-0.39, 0.29) is 31.2 Å². The van der Waals surface area contributed by atoms with Crippen molar-refractivity contribution in [2.75, 3.05) is 0 Å². The quantitative estimate of drug-likeness (QED) is 0.166. The Morgan fingerprint density at radius 2 is 1.49 bits per heavy atom. The van der Waals surface area contributed by atoms with Gasteiger partial charge in [0.1, 0.15) is 5.58 Å². The molecule has 3 nitrogen and oxygen atoms in total. The van der Waals surface area contributed by atoms with Crippen molar-refractivity contribution in [3.05, 3.63) is 156 Å². The van der Waals surface area contributed by atoms with E-state index in [1.165, 1.54) is 48.0 Å². The average Bonchev–Trinajstić information content (AvgIpc) is 3.57. The summed E-state index contributed by atoms with van der Waals surface area (Å²) in [6.07, 6.45) is 7.86. The molecule has 0 saturated heterocycles. The predicted molar refractivity (Wildman–Crippen MR) is 205 cm³/mol. The first-order valence-corrected chi connectivity index (χ1v) is 17.1. The van der Waals surface area contributed by atoms with E-state index in [1.54, 1.807) is 12.1 Å². The van der Waals surface area contributed by atoms with Crippen LogP contribution in [0, 0.1) is 37.7 Å². The molecule has 5 aromatic carbocycles. The second-order valence-electron chi connectivity index (χ2n) is 13.5. The molecule has 3 heterocycles. The largest absolute Gasteiger partial charge is 0.501 e. The van der Waals surface area contributed by atoms with E-state index in [0.717, 1.165) is 74.6 Å². The van der Waals surface area contributed by atoms with Crippen LogP contribution in [0.5, 0.6) is 0 Å². The molecule has 3 saturated carbocycles. The SMILES string of the molecule is [2H]C([2H])([2H])c1c[c-]c(-c2ccc(C([2H])([2H])[2H])cn2)cc1.[2H]C1(c2ccc(-c3ccnc(-c4[c-]ccc5c4oc4cc6ccccc6cc45)c3)cc2)CC2CC(C2)C1.[Ir]. The first kappa shape index (κ1) is 26.0. The predicted octanol–water partition coefficient (Wildman–Crippen LogP) is 12.3. The Bertz CT molecular complexity index is 2670. The summed E-state index contributed by atoms with van der Waals surface area (Å²) in [7, 11) is 0. The van der Waals surface area contributed by atoms with Crippen LogP contribution >= 0.6 is 0 Å². The monoisotopic (exact) mass is 846 g/mol. The molecule has 3 aromatic heterocycles. The standard InChI is InChI=1S/C34H26NO.C13H12N.Ir/c1-2-5-26-20-33-31(18-25(26)4-1)29-6-3-7-30(34(29)36-33)32-19-27(12-13-35-32)23-8-10-24(11-9-23)28-16-21-14-22(15-21)17-28;1-10-3-6-12(7-4-10)13-8-5-11(2)9-14-13;/h1-6,8-13,18-22,28H,14-17H2;3-6,8-9H,1-2H3;/q2*-1;/i28D;1D3,2D3;. The zero-order valence-electron chi connectivity index (χ0n) is 34.7. The summed E-state index contributed by atoms with van der Waals surface area (Å²) in [6, 6.07) is 43.4. The molecule has 0 aliphatic heterocycles. The summed E-state index contributed by atoms with van der Waals surface area (Å²) in [5.74, 6) is 1.10. The van der Waals surface area contributed by atoms with E-state index in [4.69, 9.17) is 19.0 Å². The van der Waals surface area contributed by atoms with Crippen molar-refractivity contribution in [2.24, 2.45) is 11.8 Å². The van der Waals surface area contributed by atoms with Crippen LogP contribution in [0.1, 0.15) is 57.9 Å². The number of aryl methyl sites for hydroxylation is 2. The normalized spacial score (nSPS) is 21.7. The first-order valence-electron chi connectivity index (χ1n) is 20.6. The van der Waals surface area contributed by atoms with Crippen molar-refractivity contribution in [3.8, 4) is 33.6 Å². The number of nitrogens with zero attached hydrogens (tertiary/aromatic N) is 2. The van der Waals surface area contributed by atoms with Gasteiger partial charge in [0.15, 0.2) is 0 Å². The fourth-order valence-corrected chi connectivity index (χ4v) is 7.62. The van der Waals surface area contributed by atoms with Crippen LogP contribution in [-0.2, 0) is 20.1 Å². The van der Waals surface area contributed by atoms with Gasteiger partial charge in [-0.3, -0.25) is 0 Å². The summed E-state index contributed by atoms with van der Waals surface area (Å²) < 4.78 is 59.1. The number of hydrogen-bond donors (Lipinski definition) is 0. The molecular weight excluding hydrogens is 801 g/mol. The number of rotatable bonds is 4. The van der Waals surface area contributed by atoms with Crippen LogP contribution in [0.2, 0.25) is 0 Å². The maximum absolute atomic E-state index is 9.09. The molecular formula is C47H38IrN2O-2. The number of furan rings is 1. The molecule has 0 amide bonds. The van der Waals surface area contributed by atoms with Crippen molar-refractivity contribution in [3.63, 3.8) is 0 Å². The minimum absolute atomic E-state index is 0. The second-order valence-corrected chi connectivity index (χ2v) is 13.5. The van der Waals surface area contributed by atoms with E-state index >= 15 is 0 Å². The van der Waals surface area contributed by atoms with Gasteiger partial charge in [-0.2, -0.15) is 0 Å². The Balaban J connectivity index is 0.000000191. The molecule has 2 bridgehead atoms. The maximum Gasteiger partial charge on any atom is 0.121 e. The van der Waals surface area contributed by atoms with E-state index in [0.29, 0.717) is 11.3 Å². The molecule has 0 unspecified atom stereocenters. The number of hydrogen-bond acceptors (Lipinski definition) is 3. The third-order valence-electron chi connectivity index (χ3n) is 10.2. The Morgan fingerprint density at radius 1 is 0.706 bits per heavy atom. The van der Waals surface area contributed by atoms with Gasteiger partial charge < -0.3 is 14.4 Å². The van der Waals surface area contributed by atoms with Crippen LogP contribution in [-0.4, -0.2) is 9.97 Å². The summed E-state index contributed by atoms with van der Waals surface area (Å²) in [5, 5.41) is 4.57. The van der Waals surface area contributed by atoms with E-state index in [9.17, 15) is 0 Å². The van der Waals surface area contributed by atoms with Gasteiger partial charge in [0.05, 0.1) is 5.58 Å². The summed E-state index contributed by atoms with van der Waals surface area (Å²) in [5.41, 5.74) is 8.38. The minimum Gasteiger partial charge on any atom is -0.501 e. The van der Waals surface area contributed by atoms with Gasteiger partial charge in [-0.15, -0.1) is 53.6 Å². The maximum atomic E-state index is 9.09. The first-order chi connectivity index (χ1) is 27.3. The van der Waals surface area contributed by atoms with E-state index in [2.05, 4.69) is 96.0 Å². The smallest absolute Gasteiger partial charge is 0.121 e. The Hall–Kier alpha value is -4.89. The zero-order valence-corrected chi connectivity index (χ0v) is 30.1. The molecule has 51 heavy (non-hydrogen) atoms. The van der Waals surface area contributed by atoms with Crippen LogP contribution in [0.15, 0.2) is 132 Å². The summed E-state index contributed by atoms with van der Waals surface area (Å²) >= 11 is 0. The minimum atomic E-state index is -2.18. The van der Waals surface area contributed by atoms with Gasteiger partial charge >= 0.3 is 0 Å². The van der Waals surface area contributed by atoms with Crippen LogP contribution in [0.25, 0.3) is 66.4 Å². The molecule has 4 heteroatoms. The fourth-order valence-electron chi connectivity index (χ4n) is 7.62. The number of benzene rings is 5. The summed E-state index contributed by atoms with van der Waals surface area (Å²) in [4.78, 5) is 8.78. The number of pyridine rings is 2.